The molecular weight excluding hydrogens is 212 g/mol. The number of carbonyl (C=O) groups excluding carboxylic acids is 1. The molecule has 52 valence electrons. The molecule has 1 rings (SSSR count). The van der Waals surface area contributed by atoms with Crippen molar-refractivity contribution in [2.75, 3.05) is 0 Å². The van der Waals surface area contributed by atoms with Gasteiger partial charge in [0.1, 0.15) is 0 Å². The Morgan fingerprint density at radius 3 is 2.90 bits per heavy atom. The number of thioether (sulfide) groups is 1. The van der Waals surface area contributed by atoms with E-state index in [1.54, 1.807) is 0 Å². The zero-order chi connectivity index (χ0) is 7.40. The SMILES string of the molecule is O=CSc1cccc(Br)c1. The van der Waals surface area contributed by atoms with Crippen molar-refractivity contribution in [3.05, 3.63) is 28.7 Å². The molecule has 0 aliphatic carbocycles. The van der Waals surface area contributed by atoms with Crippen LogP contribution in [0.25, 0.3) is 0 Å². The number of hydrogen-bond donors (Lipinski definition) is 0. The third-order valence-corrected chi connectivity index (χ3v) is 2.10. The van der Waals surface area contributed by atoms with Crippen molar-refractivity contribution in [2.45, 2.75) is 4.90 Å². The number of carbonyl (C=O) groups is 1. The Hall–Kier alpha value is -0.280. The van der Waals surface area contributed by atoms with Crippen molar-refractivity contribution >= 4 is 33.3 Å². The highest BCUT2D eigenvalue weighted by atomic mass is 79.9. The average molecular weight is 217 g/mol. The normalized spacial score (nSPS) is 9.30. The molecule has 0 amide bonds. The number of halogens is 1. The lowest BCUT2D eigenvalue weighted by Gasteiger charge is -1.92. The van der Waals surface area contributed by atoms with E-state index in [-0.39, 0.29) is 0 Å². The summed E-state index contributed by atoms with van der Waals surface area (Å²) in [5, 5.41) is 0. The zero-order valence-electron chi connectivity index (χ0n) is 5.08. The molecule has 0 bridgehead atoms. The summed E-state index contributed by atoms with van der Waals surface area (Å²) in [6.45, 7) is 0. The molecule has 3 heteroatoms. The van der Waals surface area contributed by atoms with Gasteiger partial charge in [-0.05, 0) is 18.2 Å². The third kappa shape index (κ3) is 2.15. The van der Waals surface area contributed by atoms with Gasteiger partial charge in [0, 0.05) is 9.37 Å². The fourth-order valence-electron chi connectivity index (χ4n) is 0.596. The summed E-state index contributed by atoms with van der Waals surface area (Å²) in [6, 6.07) is 7.62. The Balaban J connectivity index is 2.84. The first-order valence-corrected chi connectivity index (χ1v) is 4.36. The summed E-state index contributed by atoms with van der Waals surface area (Å²) in [7, 11) is 0. The molecular formula is C7H5BrOS. The molecule has 1 nitrogen and oxygen atoms in total. The van der Waals surface area contributed by atoms with E-state index in [4.69, 9.17) is 0 Å². The number of hydrogen-bond acceptors (Lipinski definition) is 2. The molecule has 0 aromatic heterocycles. The van der Waals surface area contributed by atoms with Crippen LogP contribution in [-0.4, -0.2) is 5.62 Å². The largest absolute Gasteiger partial charge is 0.291 e. The van der Waals surface area contributed by atoms with E-state index in [0.29, 0.717) is 0 Å². The maximum atomic E-state index is 10.0. The fourth-order valence-corrected chi connectivity index (χ4v) is 1.61. The molecule has 0 spiro atoms. The molecule has 0 aliphatic heterocycles. The van der Waals surface area contributed by atoms with Gasteiger partial charge in [0.05, 0.1) is 0 Å². The van der Waals surface area contributed by atoms with Gasteiger partial charge in [-0.3, -0.25) is 4.79 Å². The van der Waals surface area contributed by atoms with Crippen LogP contribution >= 0.6 is 27.7 Å². The molecule has 1 aromatic carbocycles. The second-order valence-corrected chi connectivity index (χ2v) is 3.49. The van der Waals surface area contributed by atoms with Crippen LogP contribution in [0.2, 0.25) is 0 Å². The van der Waals surface area contributed by atoms with Crippen LogP contribution in [0.5, 0.6) is 0 Å². The fraction of sp³-hybridized carbons (Fsp3) is 0. The first-order chi connectivity index (χ1) is 4.83. The molecule has 0 atom stereocenters. The highest BCUT2D eigenvalue weighted by Gasteiger charge is 1.90. The molecule has 0 radical (unpaired) electrons. The van der Waals surface area contributed by atoms with E-state index in [0.717, 1.165) is 15.0 Å². The average Bonchev–Trinajstić information content (AvgIpc) is 1.88. The van der Waals surface area contributed by atoms with E-state index in [9.17, 15) is 4.79 Å². The Labute approximate surface area is 71.9 Å². The van der Waals surface area contributed by atoms with Crippen LogP contribution in [-0.2, 0) is 4.79 Å². The van der Waals surface area contributed by atoms with Gasteiger partial charge in [-0.15, -0.1) is 0 Å². The summed E-state index contributed by atoms with van der Waals surface area (Å²) in [6.07, 6.45) is 0. The van der Waals surface area contributed by atoms with Crippen LogP contribution in [0.15, 0.2) is 33.6 Å². The van der Waals surface area contributed by atoms with Gasteiger partial charge in [0.15, 0.2) is 5.62 Å². The minimum Gasteiger partial charge on any atom is -0.291 e. The van der Waals surface area contributed by atoms with Crippen molar-refractivity contribution in [1.29, 1.82) is 0 Å². The van der Waals surface area contributed by atoms with E-state index in [1.165, 1.54) is 11.8 Å². The van der Waals surface area contributed by atoms with Crippen molar-refractivity contribution in [3.63, 3.8) is 0 Å². The van der Waals surface area contributed by atoms with Gasteiger partial charge in [-0.25, -0.2) is 0 Å². The Kier molecular flexibility index (Phi) is 2.96. The predicted molar refractivity (Wildman–Crippen MR) is 46.7 cm³/mol. The van der Waals surface area contributed by atoms with Crippen molar-refractivity contribution in [1.82, 2.24) is 0 Å². The van der Waals surface area contributed by atoms with Gasteiger partial charge in [0.2, 0.25) is 0 Å². The van der Waals surface area contributed by atoms with Gasteiger partial charge >= 0.3 is 0 Å². The van der Waals surface area contributed by atoms with Gasteiger partial charge in [-0.2, -0.15) is 0 Å². The Morgan fingerprint density at radius 1 is 1.50 bits per heavy atom. The summed E-state index contributed by atoms with van der Waals surface area (Å²) in [5.74, 6) is 0. The molecule has 0 fully saturated rings. The standard InChI is InChI=1S/C7H5BrOS/c8-6-2-1-3-7(4-6)10-5-9/h1-5H. The monoisotopic (exact) mass is 216 g/mol. The minimum absolute atomic E-state index is 0.821. The maximum Gasteiger partial charge on any atom is 0.180 e. The summed E-state index contributed by atoms with van der Waals surface area (Å²) in [4.78, 5) is 11.0. The van der Waals surface area contributed by atoms with Gasteiger partial charge in [0.25, 0.3) is 0 Å². The van der Waals surface area contributed by atoms with Crippen LogP contribution in [0.1, 0.15) is 0 Å². The topological polar surface area (TPSA) is 17.1 Å². The van der Waals surface area contributed by atoms with Crippen LogP contribution in [0.3, 0.4) is 0 Å². The van der Waals surface area contributed by atoms with Crippen LogP contribution in [0, 0.1) is 0 Å². The molecule has 0 aliphatic rings. The molecule has 0 heterocycles. The quantitative estimate of drug-likeness (QED) is 0.559. The summed E-state index contributed by atoms with van der Waals surface area (Å²) in [5.41, 5.74) is 0.821. The smallest absolute Gasteiger partial charge is 0.180 e. The lowest BCUT2D eigenvalue weighted by molar-refractivity contribution is 0.570. The molecule has 10 heavy (non-hydrogen) atoms. The first kappa shape index (κ1) is 7.82. The van der Waals surface area contributed by atoms with E-state index in [1.807, 2.05) is 24.3 Å². The second-order valence-electron chi connectivity index (χ2n) is 1.67. The molecule has 0 N–H and O–H groups in total. The highest BCUT2D eigenvalue weighted by Crippen LogP contribution is 2.19. The van der Waals surface area contributed by atoms with E-state index in [2.05, 4.69) is 15.9 Å². The Morgan fingerprint density at radius 2 is 2.30 bits per heavy atom. The lowest BCUT2D eigenvalue weighted by atomic mass is 10.4. The third-order valence-electron chi connectivity index (χ3n) is 0.980. The maximum absolute atomic E-state index is 10.0. The summed E-state index contributed by atoms with van der Waals surface area (Å²) >= 11 is 4.48. The lowest BCUT2D eigenvalue weighted by Crippen LogP contribution is -1.69. The van der Waals surface area contributed by atoms with Crippen molar-refractivity contribution in [2.24, 2.45) is 0 Å². The van der Waals surface area contributed by atoms with Crippen molar-refractivity contribution < 1.29 is 4.79 Å². The van der Waals surface area contributed by atoms with Crippen LogP contribution < -0.4 is 0 Å². The first-order valence-electron chi connectivity index (χ1n) is 2.69. The zero-order valence-corrected chi connectivity index (χ0v) is 7.48. The number of benzene rings is 1. The Bertz CT molecular complexity index is 237. The van der Waals surface area contributed by atoms with Crippen LogP contribution in [0.4, 0.5) is 0 Å². The van der Waals surface area contributed by atoms with Crippen molar-refractivity contribution in [3.8, 4) is 0 Å². The predicted octanol–water partition coefficient (Wildman–Crippen LogP) is 2.73. The van der Waals surface area contributed by atoms with Gasteiger partial charge in [-0.1, -0.05) is 33.8 Å². The second kappa shape index (κ2) is 3.78. The van der Waals surface area contributed by atoms with Gasteiger partial charge < -0.3 is 0 Å². The van der Waals surface area contributed by atoms with E-state index < -0.39 is 0 Å². The highest BCUT2D eigenvalue weighted by molar-refractivity contribution is 9.10. The van der Waals surface area contributed by atoms with E-state index >= 15 is 0 Å². The molecule has 0 saturated heterocycles. The summed E-state index contributed by atoms with van der Waals surface area (Å²) < 4.78 is 0.999. The number of rotatable bonds is 2. The molecule has 1 aromatic rings. The molecule has 0 saturated carbocycles. The minimum atomic E-state index is 0.821. The molecule has 0 unspecified atom stereocenters.